The molecule has 5 fully saturated rings. The molecule has 23 nitrogen and oxygen atoms in total. The summed E-state index contributed by atoms with van der Waals surface area (Å²) in [6.45, 7) is 1.87. The third kappa shape index (κ3) is 13.6. The lowest BCUT2D eigenvalue weighted by Crippen LogP contribution is -2.62. The van der Waals surface area contributed by atoms with Gasteiger partial charge < -0.3 is 56.1 Å². The van der Waals surface area contributed by atoms with Crippen molar-refractivity contribution in [3.05, 3.63) is 70.4 Å². The second-order valence-electron chi connectivity index (χ2n) is 22.5. The number of nitrogens with two attached hydrogens (primary N) is 1. The van der Waals surface area contributed by atoms with Crippen LogP contribution in [-0.4, -0.2) is 163 Å². The fraction of sp³-hybridized carbons (Fsp3) is 0.544. The van der Waals surface area contributed by atoms with Crippen LogP contribution in [0.1, 0.15) is 151 Å². The molecule has 432 valence electrons. The van der Waals surface area contributed by atoms with Gasteiger partial charge in [-0.1, -0.05) is 37.2 Å². The van der Waals surface area contributed by atoms with Gasteiger partial charge in [-0.25, -0.2) is 0 Å². The summed E-state index contributed by atoms with van der Waals surface area (Å²) in [4.78, 5) is 162. The van der Waals surface area contributed by atoms with Gasteiger partial charge in [0.2, 0.25) is 41.4 Å². The van der Waals surface area contributed by atoms with Crippen LogP contribution in [0.4, 0.5) is 0 Å². The third-order valence-electron chi connectivity index (χ3n) is 17.0. The first-order valence-electron chi connectivity index (χ1n) is 28.2. The Bertz CT molecular complexity index is 3110. The second-order valence-corrected chi connectivity index (χ2v) is 24.0. The van der Waals surface area contributed by atoms with Crippen molar-refractivity contribution in [1.82, 2.24) is 45.9 Å². The predicted molar refractivity (Wildman–Crippen MR) is 293 cm³/mol. The number of benzene rings is 2. The predicted octanol–water partition coefficient (Wildman–Crippen LogP) is 2.32. The highest BCUT2D eigenvalue weighted by molar-refractivity contribution is 7.70. The average Bonchev–Trinajstić information content (AvgIpc) is 4.21. The lowest BCUT2D eigenvalue weighted by Gasteiger charge is -2.38. The molecule has 0 spiro atoms. The van der Waals surface area contributed by atoms with E-state index in [9.17, 15) is 62.3 Å². The van der Waals surface area contributed by atoms with Crippen molar-refractivity contribution >= 4 is 77.2 Å². The molecule has 1 aliphatic carbocycles. The minimum atomic E-state index is -5.07. The molecular weight excluding hydrogens is 1060 g/mol. The number of unbranched alkanes of at least 4 members (excludes halogenated alkanes) is 1. The number of hydrogen-bond acceptors (Lipinski definition) is 12. The van der Waals surface area contributed by atoms with Crippen molar-refractivity contribution in [1.29, 1.82) is 0 Å². The van der Waals surface area contributed by atoms with Gasteiger partial charge in [-0.3, -0.25) is 57.8 Å². The maximum atomic E-state index is 14.6. The number of H-pyrrole nitrogens is 1. The van der Waals surface area contributed by atoms with Crippen LogP contribution in [-0.2, 0) is 44.7 Å². The van der Waals surface area contributed by atoms with Crippen LogP contribution in [0.5, 0.6) is 0 Å². The van der Waals surface area contributed by atoms with Gasteiger partial charge in [-0.05, 0) is 138 Å². The highest BCUT2D eigenvalue weighted by Gasteiger charge is 2.46. The highest BCUT2D eigenvalue weighted by Crippen LogP contribution is 2.40. The number of hydrogen-bond donors (Lipinski definition) is 8. The zero-order valence-corrected chi connectivity index (χ0v) is 46.3. The minimum Gasteiger partial charge on any atom is -0.370 e. The van der Waals surface area contributed by atoms with E-state index in [1.807, 2.05) is 22.9 Å². The first kappa shape index (κ1) is 58.4. The summed E-state index contributed by atoms with van der Waals surface area (Å²) in [7, 11) is -3.25. The first-order valence-corrected chi connectivity index (χ1v) is 29.8. The van der Waals surface area contributed by atoms with E-state index in [-0.39, 0.29) is 86.1 Å². The minimum absolute atomic E-state index is 0.0150. The van der Waals surface area contributed by atoms with Gasteiger partial charge in [-0.15, -0.1) is 0 Å². The van der Waals surface area contributed by atoms with Crippen molar-refractivity contribution in [3.8, 4) is 11.8 Å². The van der Waals surface area contributed by atoms with Crippen LogP contribution < -0.4 is 27.0 Å². The Hall–Kier alpha value is -7.25. The average molecular weight is 1140 g/mol. The second kappa shape index (κ2) is 25.3. The van der Waals surface area contributed by atoms with Crippen molar-refractivity contribution < 1.29 is 62.3 Å². The quantitative estimate of drug-likeness (QED) is 0.0417. The standard InChI is InChI=1S/C57H71N10O13P/c1-64-26-25-38-16-19-46(67(38)55(75)44(32-64)61-51(71)43-30-37-29-36(15-17-41(37)59-43)57(77)81(78,79)80)53(73)60-42(18-21-47(58)68)50(70)63-49(35-11-6-3-7-12-35)56(76)65-27-23-33(24-28-65)9-4-2-5-10-34-13-8-14-39-40(34)31-66(54(39)74)45-20-22-48(69)62-52(45)72/h8,13-15,17,29-30,33,35,38,42,44-46,49,59H,2-4,6-7,9,11-12,16,18-28,31-32H2,1H3,(H2,58,68)(H,60,73)(H,61,71)(H,63,70)(H,62,69,72)(H2,78,79,80)/t38-,42+,44+,45?,46+,49+/m1/s1. The van der Waals surface area contributed by atoms with Gasteiger partial charge in [0.05, 0.1) is 0 Å². The molecule has 0 bridgehead atoms. The molecule has 9 N–H and O–H groups in total. The number of fused-ring (bicyclic) bond motifs is 3. The van der Waals surface area contributed by atoms with Crippen LogP contribution in [0.2, 0.25) is 0 Å². The lowest BCUT2D eigenvalue weighted by molar-refractivity contribution is -0.144. The molecule has 4 saturated heterocycles. The van der Waals surface area contributed by atoms with E-state index in [4.69, 9.17) is 5.73 Å². The number of likely N-dealkylation sites (N-methyl/N-ethyl adjacent to an activating group) is 1. The van der Waals surface area contributed by atoms with Crippen molar-refractivity contribution in [2.24, 2.45) is 17.6 Å². The Morgan fingerprint density at radius 3 is 2.38 bits per heavy atom. The number of nitrogens with one attached hydrogen (secondary N) is 5. The number of imide groups is 1. The number of aromatic amines is 1. The van der Waals surface area contributed by atoms with Gasteiger partial charge in [0, 0.05) is 79.1 Å². The van der Waals surface area contributed by atoms with Crippen LogP contribution in [0.15, 0.2) is 42.5 Å². The lowest BCUT2D eigenvalue weighted by atomic mass is 9.82. The normalized spacial score (nSPS) is 22.8. The number of carbonyl (C=O) groups is 10. The third-order valence-corrected chi connectivity index (χ3v) is 17.8. The van der Waals surface area contributed by atoms with Gasteiger partial charge >= 0.3 is 7.60 Å². The molecule has 81 heavy (non-hydrogen) atoms. The summed E-state index contributed by atoms with van der Waals surface area (Å²) in [6.07, 6.45) is 9.42. The SMILES string of the molecule is CN1CC[C@H]2CC[C@@H](C(=O)N[C@@H](CCC(N)=O)C(=O)N[C@H](C(=O)N3CCC(CCCC#Cc4cccc5c4CN(C4CCC(=O)NC4=O)C5=O)CC3)C3CCCCC3)N2C(=O)[C@@H](NC(=O)c2cc3cc(C(=O)P(=O)(O)O)ccc3[nH]2)C1. The largest absolute Gasteiger partial charge is 0.396 e. The van der Waals surface area contributed by atoms with E-state index in [1.165, 1.54) is 34.1 Å². The van der Waals surface area contributed by atoms with E-state index >= 15 is 0 Å². The molecule has 6 atom stereocenters. The molecule has 6 heterocycles. The first-order chi connectivity index (χ1) is 38.7. The number of likely N-dealkylation sites (tertiary alicyclic amines) is 1. The van der Waals surface area contributed by atoms with Crippen molar-refractivity contribution in [3.63, 3.8) is 0 Å². The number of rotatable bonds is 17. The fourth-order valence-corrected chi connectivity index (χ4v) is 13.1. The van der Waals surface area contributed by atoms with Crippen LogP contribution in [0.3, 0.4) is 0 Å². The molecule has 5 aliphatic heterocycles. The van der Waals surface area contributed by atoms with E-state index < -0.39 is 78.8 Å². The zero-order valence-electron chi connectivity index (χ0n) is 45.4. The van der Waals surface area contributed by atoms with Gasteiger partial charge in [0.25, 0.3) is 17.3 Å². The van der Waals surface area contributed by atoms with E-state index in [0.717, 1.165) is 68.9 Å². The molecule has 1 unspecified atom stereocenters. The highest BCUT2D eigenvalue weighted by atomic mass is 31.2. The Kier molecular flexibility index (Phi) is 18.2. The van der Waals surface area contributed by atoms with E-state index in [0.29, 0.717) is 61.3 Å². The number of amides is 9. The Balaban J connectivity index is 0.808. The van der Waals surface area contributed by atoms with E-state index in [1.54, 1.807) is 12.1 Å². The number of primary amides is 1. The number of nitrogens with zero attached hydrogens (tertiary/aromatic N) is 4. The number of aromatic nitrogens is 1. The van der Waals surface area contributed by atoms with Gasteiger partial charge in [0.1, 0.15) is 35.9 Å². The molecule has 1 saturated carbocycles. The summed E-state index contributed by atoms with van der Waals surface area (Å²) in [5.74, 6) is 2.31. The van der Waals surface area contributed by atoms with Crippen LogP contribution in [0.25, 0.3) is 10.9 Å². The summed E-state index contributed by atoms with van der Waals surface area (Å²) in [6, 6.07) is 5.27. The number of carbonyl (C=O) groups excluding carboxylic acids is 10. The molecular formula is C57H71N10O13P. The summed E-state index contributed by atoms with van der Waals surface area (Å²) in [5, 5.41) is 11.3. The molecule has 0 radical (unpaired) electrons. The molecule has 6 aliphatic rings. The molecule has 2 aromatic carbocycles. The molecule has 9 rings (SSSR count). The monoisotopic (exact) mass is 1130 g/mol. The van der Waals surface area contributed by atoms with Crippen molar-refractivity contribution in [2.45, 2.75) is 152 Å². The molecule has 3 aromatic rings. The molecule has 9 amide bonds. The zero-order chi connectivity index (χ0) is 57.7. The summed E-state index contributed by atoms with van der Waals surface area (Å²) in [5.41, 5.74) is 6.41. The topological polar surface area (TPSA) is 331 Å². The van der Waals surface area contributed by atoms with Gasteiger partial charge in [0.15, 0.2) is 0 Å². The molecule has 24 heteroatoms. The van der Waals surface area contributed by atoms with Crippen LogP contribution in [0, 0.1) is 23.7 Å². The van der Waals surface area contributed by atoms with Gasteiger partial charge in [-0.2, -0.15) is 0 Å². The fourth-order valence-electron chi connectivity index (χ4n) is 12.6. The Morgan fingerprint density at radius 1 is 0.889 bits per heavy atom. The molecule has 1 aromatic heterocycles. The van der Waals surface area contributed by atoms with E-state index in [2.05, 4.69) is 38.1 Å². The maximum absolute atomic E-state index is 14.6. The Labute approximate surface area is 468 Å². The summed E-state index contributed by atoms with van der Waals surface area (Å²) < 4.78 is 11.6. The van der Waals surface area contributed by atoms with Crippen molar-refractivity contribution in [2.75, 3.05) is 33.2 Å². The maximum Gasteiger partial charge on any atom is 0.396 e. The smallest absolute Gasteiger partial charge is 0.370 e. The Morgan fingerprint density at radius 2 is 1.65 bits per heavy atom. The number of piperidine rings is 2. The van der Waals surface area contributed by atoms with Crippen LogP contribution >= 0.6 is 7.60 Å². The summed E-state index contributed by atoms with van der Waals surface area (Å²) >= 11 is 0.